The van der Waals surface area contributed by atoms with Crippen molar-refractivity contribution in [2.24, 2.45) is 0 Å². The average Bonchev–Trinajstić information content (AvgIpc) is 3.58. The van der Waals surface area contributed by atoms with E-state index < -0.39 is 23.0 Å². The van der Waals surface area contributed by atoms with Crippen molar-refractivity contribution in [3.05, 3.63) is 71.8 Å². The Balaban J connectivity index is 1.25. The van der Waals surface area contributed by atoms with E-state index in [2.05, 4.69) is 25.8 Å². The summed E-state index contributed by atoms with van der Waals surface area (Å²) in [6.45, 7) is 0.528. The minimum atomic E-state index is -0.978. The number of alkyl halides is 1. The highest BCUT2D eigenvalue weighted by Gasteiger charge is 2.48. The van der Waals surface area contributed by atoms with Crippen molar-refractivity contribution in [1.82, 2.24) is 20.5 Å². The number of anilines is 1. The predicted molar refractivity (Wildman–Crippen MR) is 122 cm³/mol. The first kappa shape index (κ1) is 22.3. The number of halogens is 2. The number of benzene rings is 1. The van der Waals surface area contributed by atoms with Gasteiger partial charge in [-0.15, -0.1) is 10.2 Å². The zero-order valence-electron chi connectivity index (χ0n) is 18.5. The molecule has 0 radical (unpaired) electrons. The second-order valence-corrected chi connectivity index (χ2v) is 9.26. The maximum atomic E-state index is 14.3. The van der Waals surface area contributed by atoms with Crippen LogP contribution in [-0.2, 0) is 5.41 Å². The lowest BCUT2D eigenvalue weighted by molar-refractivity contribution is 0.0896. The van der Waals surface area contributed by atoms with E-state index in [1.165, 1.54) is 18.3 Å². The maximum absolute atomic E-state index is 14.3. The molecule has 0 saturated heterocycles. The number of hydrogen-bond acceptors (Lipinski definition) is 6. The lowest BCUT2D eigenvalue weighted by atomic mass is 9.65. The number of rotatable bonds is 8. The monoisotopic (exact) mass is 465 g/mol. The molecule has 2 heterocycles. The van der Waals surface area contributed by atoms with Crippen LogP contribution in [0.25, 0.3) is 11.3 Å². The van der Waals surface area contributed by atoms with Crippen LogP contribution >= 0.6 is 0 Å². The fourth-order valence-electron chi connectivity index (χ4n) is 4.31. The van der Waals surface area contributed by atoms with Gasteiger partial charge in [-0.25, -0.2) is 8.78 Å². The van der Waals surface area contributed by atoms with Gasteiger partial charge in [-0.05, 0) is 62.1 Å². The Labute approximate surface area is 195 Å². The molecule has 176 valence electrons. The Morgan fingerprint density at radius 2 is 1.91 bits per heavy atom. The zero-order chi connectivity index (χ0) is 23.8. The summed E-state index contributed by atoms with van der Waals surface area (Å²) in [6.07, 6.45) is 2.35. The number of hydrogen-bond donors (Lipinski definition) is 3. The smallest absolute Gasteiger partial charge is 0.251 e. The molecule has 0 bridgehead atoms. The van der Waals surface area contributed by atoms with Gasteiger partial charge in [0, 0.05) is 35.8 Å². The number of nitrogens with one attached hydrogen (secondary N) is 2. The normalized spacial score (nSPS) is 22.5. The number of aromatic nitrogens is 3. The largest absolute Gasteiger partial charge is 0.388 e. The van der Waals surface area contributed by atoms with Crippen molar-refractivity contribution in [2.45, 2.75) is 42.9 Å². The molecule has 5 rings (SSSR count). The molecule has 0 atom stereocenters. The third kappa shape index (κ3) is 4.61. The molecule has 3 N–H and O–H groups in total. The lowest BCUT2D eigenvalue weighted by Gasteiger charge is -2.44. The van der Waals surface area contributed by atoms with E-state index in [-0.39, 0.29) is 37.5 Å². The predicted octanol–water partition coefficient (Wildman–Crippen LogP) is 3.41. The summed E-state index contributed by atoms with van der Waals surface area (Å²) < 4.78 is 28.1. The Hall–Kier alpha value is -3.46. The first-order valence-corrected chi connectivity index (χ1v) is 11.3. The minimum absolute atomic E-state index is 0.200. The number of carbonyl (C=O) groups is 1. The molecule has 2 aliphatic carbocycles. The molecule has 7 nitrogen and oxygen atoms in total. The molecule has 2 aromatic heterocycles. The summed E-state index contributed by atoms with van der Waals surface area (Å²) in [7, 11) is 0. The van der Waals surface area contributed by atoms with E-state index in [0.717, 1.165) is 5.56 Å². The van der Waals surface area contributed by atoms with Crippen LogP contribution in [0.15, 0.2) is 54.7 Å². The topological polar surface area (TPSA) is 100 Å². The van der Waals surface area contributed by atoms with E-state index in [9.17, 15) is 18.7 Å². The summed E-state index contributed by atoms with van der Waals surface area (Å²) in [4.78, 5) is 16.6. The average molecular weight is 466 g/mol. The highest BCUT2D eigenvalue weighted by atomic mass is 19.1. The van der Waals surface area contributed by atoms with Crippen LogP contribution < -0.4 is 10.6 Å². The van der Waals surface area contributed by atoms with Gasteiger partial charge < -0.3 is 15.7 Å². The molecule has 9 heteroatoms. The van der Waals surface area contributed by atoms with Crippen molar-refractivity contribution < 1.29 is 18.7 Å². The minimum Gasteiger partial charge on any atom is -0.388 e. The van der Waals surface area contributed by atoms with Gasteiger partial charge in [-0.1, -0.05) is 12.1 Å². The van der Waals surface area contributed by atoms with Crippen molar-refractivity contribution >= 4 is 11.7 Å². The molecule has 2 saturated carbocycles. The third-order valence-electron chi connectivity index (χ3n) is 6.58. The van der Waals surface area contributed by atoms with Crippen molar-refractivity contribution in [1.29, 1.82) is 0 Å². The van der Waals surface area contributed by atoms with E-state index in [1.54, 1.807) is 30.3 Å². The molecule has 0 unspecified atom stereocenters. The fourth-order valence-corrected chi connectivity index (χ4v) is 4.31. The number of amides is 1. The first-order chi connectivity index (χ1) is 16.4. The number of nitrogens with zero attached hydrogens (tertiary/aromatic N) is 3. The molecule has 2 fully saturated rings. The molecule has 3 aromatic rings. The SMILES string of the molecule is O=C(NCC1(O)CC1)c1cccc(-c2ccc(NCC3(c4ncccc4F)CC(F)C3)nn2)c1. The van der Waals surface area contributed by atoms with Crippen LogP contribution in [0.4, 0.5) is 14.6 Å². The van der Waals surface area contributed by atoms with Crippen LogP contribution in [0.2, 0.25) is 0 Å². The number of carbonyl (C=O) groups excluding carboxylic acids is 1. The Morgan fingerprint density at radius 1 is 1.09 bits per heavy atom. The van der Waals surface area contributed by atoms with Crippen LogP contribution in [0.1, 0.15) is 41.7 Å². The fraction of sp³-hybridized carbons (Fsp3) is 0.360. The summed E-state index contributed by atoms with van der Waals surface area (Å²) in [5, 5.41) is 24.3. The van der Waals surface area contributed by atoms with Gasteiger partial charge in [0.25, 0.3) is 5.91 Å². The number of aliphatic hydroxyl groups is 1. The summed E-state index contributed by atoms with van der Waals surface area (Å²) in [5.41, 5.74) is 0.566. The molecule has 34 heavy (non-hydrogen) atoms. The Morgan fingerprint density at radius 3 is 2.59 bits per heavy atom. The van der Waals surface area contributed by atoms with Gasteiger partial charge in [0.2, 0.25) is 0 Å². The first-order valence-electron chi connectivity index (χ1n) is 11.3. The molecule has 1 amide bonds. The van der Waals surface area contributed by atoms with E-state index in [1.807, 2.05) is 6.07 Å². The van der Waals surface area contributed by atoms with Crippen LogP contribution in [0, 0.1) is 5.82 Å². The summed E-state index contributed by atoms with van der Waals surface area (Å²) in [6, 6.07) is 13.4. The molecule has 0 spiro atoms. The van der Waals surface area contributed by atoms with Crippen LogP contribution in [-0.4, -0.2) is 51.1 Å². The van der Waals surface area contributed by atoms with Crippen LogP contribution in [0.5, 0.6) is 0 Å². The lowest BCUT2D eigenvalue weighted by Crippen LogP contribution is -2.49. The highest BCUT2D eigenvalue weighted by molar-refractivity contribution is 5.95. The van der Waals surface area contributed by atoms with E-state index >= 15 is 0 Å². The van der Waals surface area contributed by atoms with Gasteiger partial charge in [0.1, 0.15) is 17.8 Å². The zero-order valence-corrected chi connectivity index (χ0v) is 18.5. The van der Waals surface area contributed by atoms with Gasteiger partial charge >= 0.3 is 0 Å². The summed E-state index contributed by atoms with van der Waals surface area (Å²) >= 11 is 0. The van der Waals surface area contributed by atoms with Gasteiger partial charge in [-0.2, -0.15) is 0 Å². The summed E-state index contributed by atoms with van der Waals surface area (Å²) in [5.74, 6) is -0.215. The molecule has 1 aromatic carbocycles. The molecular weight excluding hydrogens is 440 g/mol. The maximum Gasteiger partial charge on any atom is 0.251 e. The van der Waals surface area contributed by atoms with E-state index in [4.69, 9.17) is 0 Å². The Kier molecular flexibility index (Phi) is 5.73. The Bertz CT molecular complexity index is 1190. The van der Waals surface area contributed by atoms with Crippen LogP contribution in [0.3, 0.4) is 0 Å². The van der Waals surface area contributed by atoms with E-state index in [0.29, 0.717) is 29.9 Å². The third-order valence-corrected chi connectivity index (χ3v) is 6.58. The quantitative estimate of drug-likeness (QED) is 0.472. The molecule has 2 aliphatic rings. The standard InChI is InChI=1S/C25H25F2N5O2/c26-18-12-24(13-18,22-19(27)5-2-10-28-22)14-29-21-7-6-20(31-32-21)16-3-1-4-17(11-16)23(33)30-15-25(34)8-9-25/h1-7,10-11,18,34H,8-9,12-15H2,(H,29,32)(H,30,33). The second-order valence-electron chi connectivity index (χ2n) is 9.26. The number of pyridine rings is 1. The highest BCUT2D eigenvalue weighted by Crippen LogP contribution is 2.45. The van der Waals surface area contributed by atoms with Crippen molar-refractivity contribution in [2.75, 3.05) is 18.4 Å². The van der Waals surface area contributed by atoms with Gasteiger partial charge in [0.15, 0.2) is 0 Å². The van der Waals surface area contributed by atoms with Crippen molar-refractivity contribution in [3.63, 3.8) is 0 Å². The van der Waals surface area contributed by atoms with Gasteiger partial charge in [-0.3, -0.25) is 9.78 Å². The molecular formula is C25H25F2N5O2. The van der Waals surface area contributed by atoms with Gasteiger partial charge in [0.05, 0.1) is 17.0 Å². The van der Waals surface area contributed by atoms with Crippen molar-refractivity contribution in [3.8, 4) is 11.3 Å². The second kappa shape index (κ2) is 8.72. The molecule has 0 aliphatic heterocycles.